The van der Waals surface area contributed by atoms with Crippen LogP contribution in [0, 0.1) is 0 Å². The van der Waals surface area contributed by atoms with Crippen molar-refractivity contribution in [3.63, 3.8) is 0 Å². The summed E-state index contributed by atoms with van der Waals surface area (Å²) in [4.78, 5) is 14.6. The van der Waals surface area contributed by atoms with Gasteiger partial charge >= 0.3 is 0 Å². The van der Waals surface area contributed by atoms with Crippen LogP contribution in [0.25, 0.3) is 11.1 Å². The second-order valence-corrected chi connectivity index (χ2v) is 7.25. The van der Waals surface area contributed by atoms with E-state index in [1.165, 1.54) is 6.42 Å². The van der Waals surface area contributed by atoms with Gasteiger partial charge in [0.2, 0.25) is 0 Å². The van der Waals surface area contributed by atoms with Gasteiger partial charge in [-0.3, -0.25) is 14.4 Å². The highest BCUT2D eigenvalue weighted by Crippen LogP contribution is 2.30. The van der Waals surface area contributed by atoms with E-state index in [0.29, 0.717) is 5.75 Å². The molecule has 1 aromatic carbocycles. The predicted molar refractivity (Wildman–Crippen MR) is 102 cm³/mol. The van der Waals surface area contributed by atoms with Crippen molar-refractivity contribution in [3.05, 3.63) is 36.7 Å². The molecule has 0 unspecified atom stereocenters. The van der Waals surface area contributed by atoms with Gasteiger partial charge in [0.1, 0.15) is 5.75 Å². The first kappa shape index (κ1) is 18.5. The van der Waals surface area contributed by atoms with Crippen LogP contribution in [0.1, 0.15) is 32.1 Å². The Kier molecular flexibility index (Phi) is 5.61. The van der Waals surface area contributed by atoms with Gasteiger partial charge in [0.15, 0.2) is 6.61 Å². The normalized spacial score (nSPS) is 16.5. The number of nitrogens with zero attached hydrogens (tertiary/aromatic N) is 3. The fourth-order valence-corrected chi connectivity index (χ4v) is 3.60. The number of hydrogen-bond donors (Lipinski definition) is 1. The maximum absolute atomic E-state index is 12.5. The molecule has 26 heavy (non-hydrogen) atoms. The Morgan fingerprint density at radius 1 is 1.27 bits per heavy atom. The highest BCUT2D eigenvalue weighted by molar-refractivity contribution is 5.78. The van der Waals surface area contributed by atoms with E-state index in [2.05, 4.69) is 15.3 Å². The van der Waals surface area contributed by atoms with Crippen LogP contribution < -0.4 is 10.1 Å². The smallest absolute Gasteiger partial charge is 0.259 e. The van der Waals surface area contributed by atoms with Gasteiger partial charge in [-0.15, -0.1) is 0 Å². The standard InChI is InChI=1S/C20H28N4O2/c1-23(2)20(10-5-4-6-11-20)22-19(25)15-26-18-9-7-8-16(12-18)17-13-21-24(3)14-17/h7-9,12-14H,4-6,10-11,15H2,1-3H3,(H,22,25). The monoisotopic (exact) mass is 356 g/mol. The number of ether oxygens (including phenoxy) is 1. The highest BCUT2D eigenvalue weighted by Gasteiger charge is 2.35. The van der Waals surface area contributed by atoms with E-state index in [1.54, 1.807) is 4.68 Å². The Balaban J connectivity index is 1.61. The van der Waals surface area contributed by atoms with E-state index in [4.69, 9.17) is 4.74 Å². The van der Waals surface area contributed by atoms with Crippen LogP contribution in [0.15, 0.2) is 36.7 Å². The van der Waals surface area contributed by atoms with Gasteiger partial charge in [0, 0.05) is 18.8 Å². The summed E-state index contributed by atoms with van der Waals surface area (Å²) in [5.41, 5.74) is 1.81. The molecular formula is C20H28N4O2. The first-order valence-corrected chi connectivity index (χ1v) is 9.19. The lowest BCUT2D eigenvalue weighted by molar-refractivity contribution is -0.128. The number of nitrogens with one attached hydrogen (secondary N) is 1. The van der Waals surface area contributed by atoms with E-state index >= 15 is 0 Å². The van der Waals surface area contributed by atoms with E-state index in [-0.39, 0.29) is 18.2 Å². The van der Waals surface area contributed by atoms with Crippen LogP contribution in [0.4, 0.5) is 0 Å². The third kappa shape index (κ3) is 4.25. The molecule has 0 aliphatic heterocycles. The van der Waals surface area contributed by atoms with Gasteiger partial charge in [0.05, 0.1) is 11.9 Å². The minimum atomic E-state index is -0.240. The zero-order chi connectivity index (χ0) is 18.6. The van der Waals surface area contributed by atoms with Crippen molar-refractivity contribution in [1.82, 2.24) is 20.0 Å². The molecule has 1 aliphatic carbocycles. The van der Waals surface area contributed by atoms with Crippen LogP contribution in [0.5, 0.6) is 5.75 Å². The number of aromatic nitrogens is 2. The number of amides is 1. The minimum Gasteiger partial charge on any atom is -0.484 e. The van der Waals surface area contributed by atoms with Gasteiger partial charge in [-0.1, -0.05) is 18.6 Å². The van der Waals surface area contributed by atoms with Gasteiger partial charge in [-0.2, -0.15) is 5.10 Å². The van der Waals surface area contributed by atoms with Crippen molar-refractivity contribution in [2.24, 2.45) is 7.05 Å². The molecule has 3 rings (SSSR count). The second-order valence-electron chi connectivity index (χ2n) is 7.25. The van der Waals surface area contributed by atoms with Gasteiger partial charge < -0.3 is 10.1 Å². The Bertz CT molecular complexity index is 748. The average molecular weight is 356 g/mol. The number of hydrogen-bond acceptors (Lipinski definition) is 4. The summed E-state index contributed by atoms with van der Waals surface area (Å²) >= 11 is 0. The van der Waals surface area contributed by atoms with Crippen LogP contribution in [-0.4, -0.2) is 47.0 Å². The average Bonchev–Trinajstić information content (AvgIpc) is 3.07. The van der Waals surface area contributed by atoms with Crippen LogP contribution >= 0.6 is 0 Å². The Labute approximate surface area is 155 Å². The van der Waals surface area contributed by atoms with Crippen molar-refractivity contribution >= 4 is 5.91 Å². The largest absolute Gasteiger partial charge is 0.484 e. The molecule has 1 aromatic heterocycles. The molecule has 1 amide bonds. The fraction of sp³-hybridized carbons (Fsp3) is 0.500. The summed E-state index contributed by atoms with van der Waals surface area (Å²) < 4.78 is 7.51. The van der Waals surface area contributed by atoms with Crippen molar-refractivity contribution in [3.8, 4) is 16.9 Å². The predicted octanol–water partition coefficient (Wildman–Crippen LogP) is 2.80. The zero-order valence-electron chi connectivity index (χ0n) is 15.9. The molecule has 6 nitrogen and oxygen atoms in total. The Morgan fingerprint density at radius 3 is 2.69 bits per heavy atom. The number of carbonyl (C=O) groups is 1. The first-order valence-electron chi connectivity index (χ1n) is 9.19. The van der Waals surface area contributed by atoms with Crippen molar-refractivity contribution in [2.45, 2.75) is 37.8 Å². The van der Waals surface area contributed by atoms with E-state index in [9.17, 15) is 4.79 Å². The van der Waals surface area contributed by atoms with Crippen LogP contribution in [-0.2, 0) is 11.8 Å². The second kappa shape index (κ2) is 7.91. The lowest BCUT2D eigenvalue weighted by atomic mass is 9.88. The molecule has 6 heteroatoms. The number of rotatable bonds is 6. The molecule has 1 heterocycles. The first-order chi connectivity index (χ1) is 12.5. The van der Waals surface area contributed by atoms with Gasteiger partial charge in [-0.05, 0) is 57.5 Å². The Hall–Kier alpha value is -2.34. The van der Waals surface area contributed by atoms with Crippen LogP contribution in [0.2, 0.25) is 0 Å². The summed E-state index contributed by atoms with van der Waals surface area (Å²) in [7, 11) is 5.95. The molecule has 1 saturated carbocycles. The lowest BCUT2D eigenvalue weighted by Gasteiger charge is -2.43. The summed E-state index contributed by atoms with van der Waals surface area (Å²) in [6.07, 6.45) is 9.28. The van der Waals surface area contributed by atoms with Gasteiger partial charge in [-0.25, -0.2) is 0 Å². The van der Waals surface area contributed by atoms with Crippen molar-refractivity contribution in [2.75, 3.05) is 20.7 Å². The molecule has 2 aromatic rings. The van der Waals surface area contributed by atoms with E-state index in [0.717, 1.165) is 36.8 Å². The third-order valence-corrected chi connectivity index (χ3v) is 5.15. The molecular weight excluding hydrogens is 328 g/mol. The maximum atomic E-state index is 12.5. The fourth-order valence-electron chi connectivity index (χ4n) is 3.60. The maximum Gasteiger partial charge on any atom is 0.259 e. The summed E-state index contributed by atoms with van der Waals surface area (Å²) in [5, 5.41) is 7.39. The van der Waals surface area contributed by atoms with Gasteiger partial charge in [0.25, 0.3) is 5.91 Å². The summed E-state index contributed by atoms with van der Waals surface area (Å²) in [5.74, 6) is 0.608. The van der Waals surface area contributed by atoms with E-state index in [1.807, 2.05) is 57.8 Å². The molecule has 0 radical (unpaired) electrons. The molecule has 1 aliphatic rings. The molecule has 1 fully saturated rings. The molecule has 0 bridgehead atoms. The molecule has 0 atom stereocenters. The molecule has 1 N–H and O–H groups in total. The van der Waals surface area contributed by atoms with E-state index < -0.39 is 0 Å². The topological polar surface area (TPSA) is 59.4 Å². The number of aryl methyl sites for hydroxylation is 1. The highest BCUT2D eigenvalue weighted by atomic mass is 16.5. The molecule has 0 spiro atoms. The quantitative estimate of drug-likeness (QED) is 0.809. The number of carbonyl (C=O) groups excluding carboxylic acids is 1. The molecule has 0 saturated heterocycles. The number of benzene rings is 1. The molecule has 140 valence electrons. The SMILES string of the molecule is CN(C)C1(NC(=O)COc2cccc(-c3cnn(C)c3)c2)CCCCC1. The Morgan fingerprint density at radius 2 is 2.04 bits per heavy atom. The summed E-state index contributed by atoms with van der Waals surface area (Å²) in [6.45, 7) is 0.0199. The van der Waals surface area contributed by atoms with Crippen molar-refractivity contribution in [1.29, 1.82) is 0 Å². The third-order valence-electron chi connectivity index (χ3n) is 5.15. The minimum absolute atomic E-state index is 0.0199. The zero-order valence-corrected chi connectivity index (χ0v) is 15.9. The lowest BCUT2D eigenvalue weighted by Crippen LogP contribution is -2.59. The summed E-state index contributed by atoms with van der Waals surface area (Å²) in [6, 6.07) is 7.74. The van der Waals surface area contributed by atoms with Crippen molar-refractivity contribution < 1.29 is 9.53 Å². The van der Waals surface area contributed by atoms with Crippen LogP contribution in [0.3, 0.4) is 0 Å².